The van der Waals surface area contributed by atoms with E-state index in [1.54, 1.807) is 7.05 Å². The summed E-state index contributed by atoms with van der Waals surface area (Å²) < 4.78 is 0. The smallest absolute Gasteiger partial charge is 0.221 e. The second-order valence-corrected chi connectivity index (χ2v) is 4.65. The Balaban J connectivity index is 1.76. The SMILES string of the molecule is CNC(=O)CCN1CCC2CCC(C1)N2. The lowest BCUT2D eigenvalue weighted by Crippen LogP contribution is -2.37. The van der Waals surface area contributed by atoms with E-state index < -0.39 is 0 Å². The fraction of sp³-hybridized carbons (Fsp3) is 0.909. The Bertz CT molecular complexity index is 232. The number of rotatable bonds is 3. The fourth-order valence-corrected chi connectivity index (χ4v) is 2.60. The molecule has 0 aromatic heterocycles. The van der Waals surface area contributed by atoms with E-state index in [9.17, 15) is 4.79 Å². The van der Waals surface area contributed by atoms with Gasteiger partial charge in [-0.15, -0.1) is 0 Å². The minimum absolute atomic E-state index is 0.150. The molecule has 2 aliphatic rings. The van der Waals surface area contributed by atoms with Crippen molar-refractivity contribution < 1.29 is 4.79 Å². The summed E-state index contributed by atoms with van der Waals surface area (Å²) in [5, 5.41) is 6.32. The van der Waals surface area contributed by atoms with Gasteiger partial charge in [0.25, 0.3) is 0 Å². The number of fused-ring (bicyclic) bond motifs is 2. The number of amides is 1. The highest BCUT2D eigenvalue weighted by atomic mass is 16.1. The third-order valence-electron chi connectivity index (χ3n) is 3.54. The molecule has 4 heteroatoms. The van der Waals surface area contributed by atoms with Crippen LogP contribution in [0.5, 0.6) is 0 Å². The van der Waals surface area contributed by atoms with Crippen molar-refractivity contribution in [2.75, 3.05) is 26.7 Å². The van der Waals surface area contributed by atoms with Gasteiger partial charge in [0.2, 0.25) is 5.91 Å². The summed E-state index contributed by atoms with van der Waals surface area (Å²) in [4.78, 5) is 13.6. The van der Waals surface area contributed by atoms with Gasteiger partial charge in [0, 0.05) is 38.6 Å². The van der Waals surface area contributed by atoms with E-state index in [1.807, 2.05) is 0 Å². The maximum absolute atomic E-state index is 11.1. The van der Waals surface area contributed by atoms with E-state index in [-0.39, 0.29) is 5.91 Å². The molecular weight excluding hydrogens is 190 g/mol. The van der Waals surface area contributed by atoms with Crippen molar-refractivity contribution in [3.8, 4) is 0 Å². The molecule has 2 aliphatic heterocycles. The van der Waals surface area contributed by atoms with Gasteiger partial charge in [-0.05, 0) is 25.8 Å². The van der Waals surface area contributed by atoms with Crippen LogP contribution in [-0.2, 0) is 4.79 Å². The Hall–Kier alpha value is -0.610. The molecule has 0 saturated carbocycles. The minimum atomic E-state index is 0.150. The van der Waals surface area contributed by atoms with Gasteiger partial charge in [-0.3, -0.25) is 4.79 Å². The van der Waals surface area contributed by atoms with Crippen LogP contribution in [0.3, 0.4) is 0 Å². The van der Waals surface area contributed by atoms with Gasteiger partial charge < -0.3 is 15.5 Å². The van der Waals surface area contributed by atoms with Crippen LogP contribution in [0.25, 0.3) is 0 Å². The van der Waals surface area contributed by atoms with Gasteiger partial charge in [0.05, 0.1) is 0 Å². The first-order valence-electron chi connectivity index (χ1n) is 5.97. The van der Waals surface area contributed by atoms with Crippen molar-refractivity contribution in [2.45, 2.75) is 37.8 Å². The molecule has 4 nitrogen and oxygen atoms in total. The van der Waals surface area contributed by atoms with Crippen LogP contribution >= 0.6 is 0 Å². The van der Waals surface area contributed by atoms with E-state index in [4.69, 9.17) is 0 Å². The van der Waals surface area contributed by atoms with Crippen molar-refractivity contribution in [3.05, 3.63) is 0 Å². The van der Waals surface area contributed by atoms with E-state index in [2.05, 4.69) is 15.5 Å². The topological polar surface area (TPSA) is 44.4 Å². The van der Waals surface area contributed by atoms with Crippen LogP contribution in [0, 0.1) is 0 Å². The van der Waals surface area contributed by atoms with Crippen molar-refractivity contribution in [1.29, 1.82) is 0 Å². The molecule has 2 fully saturated rings. The van der Waals surface area contributed by atoms with E-state index in [1.165, 1.54) is 19.3 Å². The molecule has 0 aromatic carbocycles. The molecule has 2 heterocycles. The van der Waals surface area contributed by atoms with Crippen LogP contribution in [0.1, 0.15) is 25.7 Å². The average Bonchev–Trinajstić information content (AvgIpc) is 2.57. The number of carbonyl (C=O) groups excluding carboxylic acids is 1. The molecule has 0 radical (unpaired) electrons. The molecule has 0 spiro atoms. The van der Waals surface area contributed by atoms with Gasteiger partial charge in [0.15, 0.2) is 0 Å². The minimum Gasteiger partial charge on any atom is -0.359 e. The molecule has 86 valence electrons. The summed E-state index contributed by atoms with van der Waals surface area (Å²) in [5.41, 5.74) is 0. The number of likely N-dealkylation sites (tertiary alicyclic amines) is 1. The highest BCUT2D eigenvalue weighted by Gasteiger charge is 2.28. The average molecular weight is 211 g/mol. The lowest BCUT2D eigenvalue weighted by atomic mass is 10.1. The zero-order chi connectivity index (χ0) is 10.7. The third-order valence-corrected chi connectivity index (χ3v) is 3.54. The number of nitrogens with one attached hydrogen (secondary N) is 2. The van der Waals surface area contributed by atoms with Crippen LogP contribution in [0.2, 0.25) is 0 Å². The summed E-state index contributed by atoms with van der Waals surface area (Å²) in [6, 6.07) is 1.40. The second kappa shape index (κ2) is 4.94. The van der Waals surface area contributed by atoms with Crippen molar-refractivity contribution in [2.24, 2.45) is 0 Å². The standard InChI is InChI=1S/C11H21N3O/c1-12-11(15)5-7-14-6-4-9-2-3-10(8-14)13-9/h9-10,13H,2-8H2,1H3,(H,12,15). The maximum Gasteiger partial charge on any atom is 0.221 e. The lowest BCUT2D eigenvalue weighted by Gasteiger charge is -2.23. The number of nitrogens with zero attached hydrogens (tertiary/aromatic N) is 1. The normalized spacial score (nSPS) is 31.3. The van der Waals surface area contributed by atoms with Gasteiger partial charge in [-0.1, -0.05) is 0 Å². The number of carbonyl (C=O) groups is 1. The molecule has 1 amide bonds. The molecule has 2 unspecified atom stereocenters. The summed E-state index contributed by atoms with van der Waals surface area (Å²) in [7, 11) is 1.70. The maximum atomic E-state index is 11.1. The molecule has 0 aliphatic carbocycles. The Morgan fingerprint density at radius 3 is 3.00 bits per heavy atom. The summed E-state index contributed by atoms with van der Waals surface area (Å²) >= 11 is 0. The van der Waals surface area contributed by atoms with Crippen LogP contribution in [-0.4, -0.2) is 49.6 Å². The van der Waals surface area contributed by atoms with Gasteiger partial charge in [-0.2, -0.15) is 0 Å². The molecule has 0 aromatic rings. The Morgan fingerprint density at radius 2 is 2.20 bits per heavy atom. The molecule has 2 N–H and O–H groups in total. The quantitative estimate of drug-likeness (QED) is 0.688. The predicted molar refractivity (Wildman–Crippen MR) is 59.7 cm³/mol. The molecule has 2 rings (SSSR count). The highest BCUT2D eigenvalue weighted by molar-refractivity contribution is 5.75. The zero-order valence-corrected chi connectivity index (χ0v) is 9.46. The highest BCUT2D eigenvalue weighted by Crippen LogP contribution is 2.20. The first-order chi connectivity index (χ1) is 7.28. The zero-order valence-electron chi connectivity index (χ0n) is 9.46. The first-order valence-corrected chi connectivity index (χ1v) is 5.97. The molecule has 2 saturated heterocycles. The largest absolute Gasteiger partial charge is 0.359 e. The van der Waals surface area contributed by atoms with Crippen molar-refractivity contribution in [1.82, 2.24) is 15.5 Å². The second-order valence-electron chi connectivity index (χ2n) is 4.65. The fourth-order valence-electron chi connectivity index (χ4n) is 2.60. The van der Waals surface area contributed by atoms with Crippen LogP contribution in [0.15, 0.2) is 0 Å². The Labute approximate surface area is 91.4 Å². The lowest BCUT2D eigenvalue weighted by molar-refractivity contribution is -0.120. The summed E-state index contributed by atoms with van der Waals surface area (Å²) in [5.74, 6) is 0.150. The Kier molecular flexibility index (Phi) is 3.59. The third kappa shape index (κ3) is 2.92. The van der Waals surface area contributed by atoms with Gasteiger partial charge >= 0.3 is 0 Å². The predicted octanol–water partition coefficient (Wildman–Crippen LogP) is -0.0512. The Morgan fingerprint density at radius 1 is 1.40 bits per heavy atom. The van der Waals surface area contributed by atoms with Crippen molar-refractivity contribution in [3.63, 3.8) is 0 Å². The molecule has 2 atom stereocenters. The summed E-state index contributed by atoms with van der Waals surface area (Å²) in [6.45, 7) is 3.17. The number of hydrogen-bond donors (Lipinski definition) is 2. The van der Waals surface area contributed by atoms with Crippen molar-refractivity contribution >= 4 is 5.91 Å². The monoisotopic (exact) mass is 211 g/mol. The van der Waals surface area contributed by atoms with Gasteiger partial charge in [-0.25, -0.2) is 0 Å². The van der Waals surface area contributed by atoms with Crippen LogP contribution in [0.4, 0.5) is 0 Å². The van der Waals surface area contributed by atoms with Crippen LogP contribution < -0.4 is 10.6 Å². The van der Waals surface area contributed by atoms with E-state index in [0.717, 1.165) is 25.7 Å². The summed E-state index contributed by atoms with van der Waals surface area (Å²) in [6.07, 6.45) is 4.52. The molecule has 15 heavy (non-hydrogen) atoms. The molecule has 2 bridgehead atoms. The van der Waals surface area contributed by atoms with E-state index in [0.29, 0.717) is 12.5 Å². The first kappa shape index (κ1) is 10.9. The van der Waals surface area contributed by atoms with E-state index >= 15 is 0 Å². The number of hydrogen-bond acceptors (Lipinski definition) is 3. The van der Waals surface area contributed by atoms with Gasteiger partial charge in [0.1, 0.15) is 0 Å². The molecular formula is C11H21N3O.